The third-order valence-corrected chi connectivity index (χ3v) is 1.71. The highest BCUT2D eigenvalue weighted by molar-refractivity contribution is 7.80. The van der Waals surface area contributed by atoms with Crippen LogP contribution in [0.25, 0.3) is 0 Å². The largest absolute Gasteiger partial charge is 0.358 e. The third kappa shape index (κ3) is 4.01. The van der Waals surface area contributed by atoms with Crippen LogP contribution in [0.1, 0.15) is 10.6 Å². The summed E-state index contributed by atoms with van der Waals surface area (Å²) in [5.41, 5.74) is 4.86. The molecule has 6 nitrogen and oxygen atoms in total. The summed E-state index contributed by atoms with van der Waals surface area (Å²) < 4.78 is 0. The standard InChI is InChI=1S/C9H11N5OS/c1-2-4-12-9(16)14-13-8(15)7-10-5-3-6-11-7/h2-3,5-6H,1,4H2,(H,13,15)(H2,12,14,16). The molecule has 1 amide bonds. The molecule has 0 atom stereocenters. The van der Waals surface area contributed by atoms with Crippen LogP contribution in [0.4, 0.5) is 0 Å². The van der Waals surface area contributed by atoms with Gasteiger partial charge in [-0.05, 0) is 18.3 Å². The van der Waals surface area contributed by atoms with Crippen LogP contribution in [0.15, 0.2) is 31.1 Å². The van der Waals surface area contributed by atoms with E-state index in [1.54, 1.807) is 12.1 Å². The number of rotatable bonds is 3. The van der Waals surface area contributed by atoms with Crippen LogP contribution >= 0.6 is 12.2 Å². The van der Waals surface area contributed by atoms with Gasteiger partial charge in [-0.2, -0.15) is 0 Å². The summed E-state index contributed by atoms with van der Waals surface area (Å²) in [5, 5.41) is 3.08. The van der Waals surface area contributed by atoms with Crippen molar-refractivity contribution in [3.8, 4) is 0 Å². The van der Waals surface area contributed by atoms with E-state index in [0.29, 0.717) is 11.7 Å². The number of nitrogens with one attached hydrogen (secondary N) is 3. The summed E-state index contributed by atoms with van der Waals surface area (Å²) in [7, 11) is 0. The summed E-state index contributed by atoms with van der Waals surface area (Å²) in [6, 6.07) is 1.63. The van der Waals surface area contributed by atoms with Gasteiger partial charge in [-0.25, -0.2) is 9.97 Å². The van der Waals surface area contributed by atoms with Crippen molar-refractivity contribution < 1.29 is 4.79 Å². The molecule has 3 N–H and O–H groups in total. The highest BCUT2D eigenvalue weighted by atomic mass is 32.1. The van der Waals surface area contributed by atoms with Crippen LogP contribution in [0.3, 0.4) is 0 Å². The molecule has 1 heterocycles. The second-order valence-electron chi connectivity index (χ2n) is 2.65. The molecular formula is C9H11N5OS. The second-order valence-corrected chi connectivity index (χ2v) is 3.06. The van der Waals surface area contributed by atoms with Crippen molar-refractivity contribution in [3.05, 3.63) is 36.9 Å². The number of amides is 1. The van der Waals surface area contributed by atoms with Crippen molar-refractivity contribution in [1.29, 1.82) is 0 Å². The maximum atomic E-state index is 11.4. The van der Waals surface area contributed by atoms with E-state index < -0.39 is 5.91 Å². The predicted molar refractivity (Wildman–Crippen MR) is 63.4 cm³/mol. The molecule has 0 saturated heterocycles. The minimum atomic E-state index is -0.455. The van der Waals surface area contributed by atoms with E-state index in [4.69, 9.17) is 12.2 Å². The lowest BCUT2D eigenvalue weighted by molar-refractivity contribution is 0.0933. The predicted octanol–water partition coefficient (Wildman–Crippen LogP) is -0.229. The number of aromatic nitrogens is 2. The summed E-state index contributed by atoms with van der Waals surface area (Å²) in [6.45, 7) is 4.04. The first kappa shape index (κ1) is 12.1. The average molecular weight is 237 g/mol. The van der Waals surface area contributed by atoms with Crippen LogP contribution in [0, 0.1) is 0 Å². The van der Waals surface area contributed by atoms with Crippen molar-refractivity contribution in [3.63, 3.8) is 0 Å². The number of thiocarbonyl (C=S) groups is 1. The van der Waals surface area contributed by atoms with Crippen molar-refractivity contribution in [2.75, 3.05) is 6.54 Å². The molecule has 1 aromatic heterocycles. The smallest absolute Gasteiger partial charge is 0.307 e. The number of carbonyl (C=O) groups excluding carboxylic acids is 1. The maximum Gasteiger partial charge on any atom is 0.307 e. The van der Waals surface area contributed by atoms with Gasteiger partial charge in [-0.15, -0.1) is 6.58 Å². The fraction of sp³-hybridized carbons (Fsp3) is 0.111. The summed E-state index contributed by atoms with van der Waals surface area (Å²) in [5.74, 6) is -0.384. The zero-order chi connectivity index (χ0) is 11.8. The first-order chi connectivity index (χ1) is 7.74. The molecule has 0 fully saturated rings. The van der Waals surface area contributed by atoms with Gasteiger partial charge in [-0.3, -0.25) is 15.6 Å². The van der Waals surface area contributed by atoms with Crippen molar-refractivity contribution in [2.45, 2.75) is 0 Å². The Hall–Kier alpha value is -2.02. The molecule has 7 heteroatoms. The molecule has 0 unspecified atom stereocenters. The lowest BCUT2D eigenvalue weighted by Crippen LogP contribution is -2.47. The molecule has 0 radical (unpaired) electrons. The Balaban J connectivity index is 2.36. The fourth-order valence-corrected chi connectivity index (χ4v) is 0.929. The lowest BCUT2D eigenvalue weighted by Gasteiger charge is -2.09. The zero-order valence-corrected chi connectivity index (χ0v) is 9.25. The molecule has 1 aromatic rings. The van der Waals surface area contributed by atoms with Gasteiger partial charge < -0.3 is 5.32 Å². The van der Waals surface area contributed by atoms with Crippen LogP contribution in [-0.2, 0) is 0 Å². The summed E-state index contributed by atoms with van der Waals surface area (Å²) in [6.07, 6.45) is 4.61. The average Bonchev–Trinajstić information content (AvgIpc) is 2.34. The van der Waals surface area contributed by atoms with Crippen LogP contribution in [0.2, 0.25) is 0 Å². The Morgan fingerprint density at radius 1 is 1.44 bits per heavy atom. The molecule has 0 saturated carbocycles. The third-order valence-electron chi connectivity index (χ3n) is 1.47. The van der Waals surface area contributed by atoms with Crippen molar-refractivity contribution in [2.24, 2.45) is 0 Å². The topological polar surface area (TPSA) is 78.9 Å². The number of carbonyl (C=O) groups is 1. The van der Waals surface area contributed by atoms with Gasteiger partial charge in [-0.1, -0.05) is 6.08 Å². The van der Waals surface area contributed by atoms with E-state index in [2.05, 4.69) is 32.7 Å². The van der Waals surface area contributed by atoms with Gasteiger partial charge in [0, 0.05) is 18.9 Å². The summed E-state index contributed by atoms with van der Waals surface area (Å²) >= 11 is 4.86. The van der Waals surface area contributed by atoms with Gasteiger partial charge in [0.15, 0.2) is 5.11 Å². The molecule has 16 heavy (non-hydrogen) atoms. The Kier molecular flexibility index (Phi) is 4.87. The van der Waals surface area contributed by atoms with Crippen LogP contribution < -0.4 is 16.2 Å². The van der Waals surface area contributed by atoms with E-state index in [0.717, 1.165) is 0 Å². The van der Waals surface area contributed by atoms with E-state index in [-0.39, 0.29) is 5.82 Å². The highest BCUT2D eigenvalue weighted by Gasteiger charge is 2.06. The van der Waals surface area contributed by atoms with Gasteiger partial charge >= 0.3 is 5.91 Å². The quantitative estimate of drug-likeness (QED) is 0.383. The molecule has 0 aromatic carbocycles. The minimum Gasteiger partial charge on any atom is -0.358 e. The van der Waals surface area contributed by atoms with Gasteiger partial charge in [0.25, 0.3) is 0 Å². The van der Waals surface area contributed by atoms with E-state index in [9.17, 15) is 4.79 Å². The minimum absolute atomic E-state index is 0.0709. The Bertz CT molecular complexity index is 381. The van der Waals surface area contributed by atoms with E-state index in [1.807, 2.05) is 0 Å². The fourth-order valence-electron chi connectivity index (χ4n) is 0.795. The normalized spacial score (nSPS) is 9.00. The van der Waals surface area contributed by atoms with Crippen LogP contribution in [-0.4, -0.2) is 27.5 Å². The number of hydrogen-bond donors (Lipinski definition) is 3. The monoisotopic (exact) mass is 237 g/mol. The SMILES string of the molecule is C=CCNC(=S)NNC(=O)c1ncccn1. The van der Waals surface area contributed by atoms with Crippen molar-refractivity contribution in [1.82, 2.24) is 26.1 Å². The molecule has 84 valence electrons. The molecule has 1 rings (SSSR count). The lowest BCUT2D eigenvalue weighted by atomic mass is 10.5. The summed E-state index contributed by atoms with van der Waals surface area (Å²) in [4.78, 5) is 19.0. The molecule has 0 aliphatic rings. The Morgan fingerprint density at radius 3 is 2.75 bits per heavy atom. The molecular weight excluding hydrogens is 226 g/mol. The first-order valence-electron chi connectivity index (χ1n) is 4.46. The maximum absolute atomic E-state index is 11.4. The zero-order valence-electron chi connectivity index (χ0n) is 8.43. The molecule has 0 spiro atoms. The Labute approximate surface area is 98.1 Å². The molecule has 0 aliphatic carbocycles. The number of nitrogens with zero attached hydrogens (tertiary/aromatic N) is 2. The highest BCUT2D eigenvalue weighted by Crippen LogP contribution is 1.85. The van der Waals surface area contributed by atoms with Gasteiger partial charge in [0.2, 0.25) is 5.82 Å². The first-order valence-corrected chi connectivity index (χ1v) is 4.87. The van der Waals surface area contributed by atoms with E-state index in [1.165, 1.54) is 12.4 Å². The van der Waals surface area contributed by atoms with Crippen molar-refractivity contribution >= 4 is 23.2 Å². The van der Waals surface area contributed by atoms with Gasteiger partial charge in [0.1, 0.15) is 0 Å². The Morgan fingerprint density at radius 2 is 2.12 bits per heavy atom. The number of hydrogen-bond acceptors (Lipinski definition) is 4. The molecule has 0 bridgehead atoms. The van der Waals surface area contributed by atoms with E-state index >= 15 is 0 Å². The van der Waals surface area contributed by atoms with Gasteiger partial charge in [0.05, 0.1) is 0 Å². The number of hydrazine groups is 1. The molecule has 0 aliphatic heterocycles. The van der Waals surface area contributed by atoms with Crippen LogP contribution in [0.5, 0.6) is 0 Å². The second kappa shape index (κ2) is 6.46.